The molecule has 4 bridgehead atoms. The van der Waals surface area contributed by atoms with E-state index in [9.17, 15) is 9.59 Å². The first-order chi connectivity index (χ1) is 14.5. The maximum atomic E-state index is 13.0. The van der Waals surface area contributed by atoms with Gasteiger partial charge in [0.15, 0.2) is 0 Å². The predicted molar refractivity (Wildman–Crippen MR) is 117 cm³/mol. The van der Waals surface area contributed by atoms with Crippen molar-refractivity contribution in [2.75, 3.05) is 11.9 Å². The van der Waals surface area contributed by atoms with Crippen molar-refractivity contribution in [3.63, 3.8) is 0 Å². The molecule has 6 rings (SSSR count). The molecular weight excluding hydrogens is 396 g/mol. The second-order valence-electron chi connectivity index (χ2n) is 9.53. The van der Waals surface area contributed by atoms with Crippen LogP contribution in [0.25, 0.3) is 10.6 Å². The van der Waals surface area contributed by atoms with Crippen molar-refractivity contribution in [1.29, 1.82) is 0 Å². The van der Waals surface area contributed by atoms with Gasteiger partial charge in [-0.3, -0.25) is 9.59 Å². The lowest BCUT2D eigenvalue weighted by Crippen LogP contribution is -2.53. The van der Waals surface area contributed by atoms with E-state index in [1.54, 1.807) is 0 Å². The molecule has 0 saturated heterocycles. The van der Waals surface area contributed by atoms with Crippen LogP contribution in [0.4, 0.5) is 5.13 Å². The molecule has 4 fully saturated rings. The molecule has 4 saturated carbocycles. The van der Waals surface area contributed by atoms with Gasteiger partial charge in [-0.2, -0.15) is 0 Å². The molecule has 1 heterocycles. The predicted octanol–water partition coefficient (Wildman–Crippen LogP) is 4.17. The molecule has 2 amide bonds. The van der Waals surface area contributed by atoms with E-state index in [1.165, 1.54) is 30.6 Å². The summed E-state index contributed by atoms with van der Waals surface area (Å²) >= 11 is 1.36. The van der Waals surface area contributed by atoms with Crippen molar-refractivity contribution in [2.24, 2.45) is 23.2 Å². The van der Waals surface area contributed by atoms with Gasteiger partial charge in [0.1, 0.15) is 5.01 Å². The van der Waals surface area contributed by atoms with Crippen LogP contribution in [0.2, 0.25) is 0 Å². The minimum absolute atomic E-state index is 0.146. The van der Waals surface area contributed by atoms with E-state index in [2.05, 4.69) is 20.8 Å². The molecule has 158 valence electrons. The van der Waals surface area contributed by atoms with E-state index in [-0.39, 0.29) is 23.7 Å². The van der Waals surface area contributed by atoms with Gasteiger partial charge in [-0.25, -0.2) is 0 Å². The maximum absolute atomic E-state index is 13.0. The largest absolute Gasteiger partial charge is 0.355 e. The van der Waals surface area contributed by atoms with Crippen LogP contribution in [0.3, 0.4) is 0 Å². The number of nitrogens with one attached hydrogen (secondary N) is 2. The van der Waals surface area contributed by atoms with Crippen LogP contribution in [-0.2, 0) is 9.59 Å². The SMILES string of the molecule is Cc1cccc(-c2nnc(NC(=O)CCNC(=O)C34CC5CC(CC(C5)C3)C4)s2)c1. The Morgan fingerprint density at radius 1 is 1.10 bits per heavy atom. The third kappa shape index (κ3) is 3.87. The van der Waals surface area contributed by atoms with Crippen molar-refractivity contribution in [3.8, 4) is 10.6 Å². The Morgan fingerprint density at radius 2 is 1.80 bits per heavy atom. The average molecular weight is 425 g/mol. The first kappa shape index (κ1) is 19.7. The number of rotatable bonds is 6. The van der Waals surface area contributed by atoms with Gasteiger partial charge in [-0.15, -0.1) is 10.2 Å². The Hall–Kier alpha value is -2.28. The second kappa shape index (κ2) is 7.76. The van der Waals surface area contributed by atoms with E-state index in [4.69, 9.17) is 0 Å². The number of hydrogen-bond donors (Lipinski definition) is 2. The lowest BCUT2D eigenvalue weighted by molar-refractivity contribution is -0.146. The van der Waals surface area contributed by atoms with Crippen molar-refractivity contribution < 1.29 is 9.59 Å². The Bertz CT molecular complexity index is 934. The first-order valence-corrected chi connectivity index (χ1v) is 11.8. The lowest BCUT2D eigenvalue weighted by atomic mass is 9.49. The van der Waals surface area contributed by atoms with E-state index in [1.807, 2.05) is 31.2 Å². The number of aryl methyl sites for hydroxylation is 1. The number of aromatic nitrogens is 2. The van der Waals surface area contributed by atoms with Gasteiger partial charge in [0.05, 0.1) is 0 Å². The highest BCUT2D eigenvalue weighted by Gasteiger charge is 2.54. The van der Waals surface area contributed by atoms with Gasteiger partial charge in [0, 0.05) is 23.9 Å². The summed E-state index contributed by atoms with van der Waals surface area (Å²) in [4.78, 5) is 25.3. The minimum Gasteiger partial charge on any atom is -0.355 e. The number of hydrogen-bond acceptors (Lipinski definition) is 5. The molecule has 1 aromatic carbocycles. The zero-order valence-electron chi connectivity index (χ0n) is 17.3. The van der Waals surface area contributed by atoms with Crippen molar-refractivity contribution >= 4 is 28.3 Å². The van der Waals surface area contributed by atoms with Crippen LogP contribution in [0.1, 0.15) is 50.5 Å². The molecule has 2 N–H and O–H groups in total. The van der Waals surface area contributed by atoms with E-state index >= 15 is 0 Å². The number of anilines is 1. The molecule has 2 aromatic rings. The standard InChI is InChI=1S/C23H28N4O2S/c1-14-3-2-4-18(7-14)20-26-27-22(30-20)25-19(28)5-6-24-21(29)23-11-15-8-16(12-23)10-17(9-15)13-23/h2-4,7,15-17H,5-6,8-13H2,1H3,(H,24,29)(H,25,27,28). The third-order valence-electron chi connectivity index (χ3n) is 7.09. The summed E-state index contributed by atoms with van der Waals surface area (Å²) in [7, 11) is 0. The average Bonchev–Trinajstić information content (AvgIpc) is 3.15. The van der Waals surface area contributed by atoms with Gasteiger partial charge < -0.3 is 10.6 Å². The molecular formula is C23H28N4O2S. The van der Waals surface area contributed by atoms with Crippen LogP contribution in [0, 0.1) is 30.1 Å². The van der Waals surface area contributed by atoms with Crippen LogP contribution < -0.4 is 10.6 Å². The zero-order chi connectivity index (χ0) is 20.7. The fraction of sp³-hybridized carbons (Fsp3) is 0.565. The van der Waals surface area contributed by atoms with Gasteiger partial charge in [-0.05, 0) is 69.3 Å². The summed E-state index contributed by atoms with van der Waals surface area (Å²) in [5.74, 6) is 2.25. The van der Waals surface area contributed by atoms with Gasteiger partial charge >= 0.3 is 0 Å². The molecule has 30 heavy (non-hydrogen) atoms. The third-order valence-corrected chi connectivity index (χ3v) is 7.98. The van der Waals surface area contributed by atoms with Crippen LogP contribution in [0.15, 0.2) is 24.3 Å². The Kier molecular flexibility index (Phi) is 5.09. The smallest absolute Gasteiger partial charge is 0.227 e. The highest BCUT2D eigenvalue weighted by atomic mass is 32.1. The number of carbonyl (C=O) groups is 2. The topological polar surface area (TPSA) is 84.0 Å². The quantitative estimate of drug-likeness (QED) is 0.729. The number of amides is 2. The molecule has 0 unspecified atom stereocenters. The molecule has 0 atom stereocenters. The summed E-state index contributed by atoms with van der Waals surface area (Å²) in [5.41, 5.74) is 1.99. The van der Waals surface area contributed by atoms with Gasteiger partial charge in [-0.1, -0.05) is 35.1 Å². The highest BCUT2D eigenvalue weighted by molar-refractivity contribution is 7.18. The molecule has 1 aromatic heterocycles. The van der Waals surface area contributed by atoms with Crippen LogP contribution in [0.5, 0.6) is 0 Å². The van der Waals surface area contributed by atoms with Crippen molar-refractivity contribution in [2.45, 2.75) is 51.9 Å². The first-order valence-electron chi connectivity index (χ1n) is 11.0. The summed E-state index contributed by atoms with van der Waals surface area (Å²) in [6.07, 6.45) is 7.35. The van der Waals surface area contributed by atoms with Crippen molar-refractivity contribution in [1.82, 2.24) is 15.5 Å². The second-order valence-corrected chi connectivity index (χ2v) is 10.5. The van der Waals surface area contributed by atoms with Crippen LogP contribution in [-0.4, -0.2) is 28.6 Å². The summed E-state index contributed by atoms with van der Waals surface area (Å²) in [6.45, 7) is 2.40. The Balaban J connectivity index is 1.12. The summed E-state index contributed by atoms with van der Waals surface area (Å²) in [6, 6.07) is 8.05. The lowest BCUT2D eigenvalue weighted by Gasteiger charge is -2.55. The highest BCUT2D eigenvalue weighted by Crippen LogP contribution is 2.60. The van der Waals surface area contributed by atoms with Gasteiger partial charge in [0.25, 0.3) is 0 Å². The normalized spacial score (nSPS) is 29.0. The van der Waals surface area contributed by atoms with E-state index < -0.39 is 0 Å². The molecule has 0 spiro atoms. The molecule has 4 aliphatic rings. The fourth-order valence-electron chi connectivity index (χ4n) is 6.22. The van der Waals surface area contributed by atoms with Crippen molar-refractivity contribution in [3.05, 3.63) is 29.8 Å². The molecule has 0 aliphatic heterocycles. The molecule has 7 heteroatoms. The Morgan fingerprint density at radius 3 is 2.47 bits per heavy atom. The monoisotopic (exact) mass is 424 g/mol. The molecule has 6 nitrogen and oxygen atoms in total. The molecule has 0 radical (unpaired) electrons. The van der Waals surface area contributed by atoms with E-state index in [0.29, 0.717) is 11.7 Å². The zero-order valence-corrected chi connectivity index (χ0v) is 18.1. The summed E-state index contributed by atoms with van der Waals surface area (Å²) < 4.78 is 0. The van der Waals surface area contributed by atoms with E-state index in [0.717, 1.165) is 53.2 Å². The maximum Gasteiger partial charge on any atom is 0.227 e. The number of carbonyl (C=O) groups excluding carboxylic acids is 2. The van der Waals surface area contributed by atoms with Crippen LogP contribution >= 0.6 is 11.3 Å². The fourth-order valence-corrected chi connectivity index (χ4v) is 6.97. The Labute approximate surface area is 180 Å². The number of nitrogens with zero attached hydrogens (tertiary/aromatic N) is 2. The summed E-state index contributed by atoms with van der Waals surface area (Å²) in [5, 5.41) is 15.4. The molecule has 4 aliphatic carbocycles. The van der Waals surface area contributed by atoms with Gasteiger partial charge in [0.2, 0.25) is 16.9 Å². The minimum atomic E-state index is -0.160. The number of benzene rings is 1.